The van der Waals surface area contributed by atoms with Crippen LogP contribution in [-0.2, 0) is 4.79 Å². The number of para-hydroxylation sites is 1. The highest BCUT2D eigenvalue weighted by molar-refractivity contribution is 5.82. The van der Waals surface area contributed by atoms with E-state index < -0.39 is 18.0 Å². The number of carbonyl (C=O) groups is 2. The van der Waals surface area contributed by atoms with Gasteiger partial charge in [-0.05, 0) is 19.1 Å². The number of hydrogen-bond acceptors (Lipinski definition) is 3. The number of amides is 2. The number of hydrogen-bond donors (Lipinski definition) is 3. The van der Waals surface area contributed by atoms with E-state index >= 15 is 0 Å². The molecule has 0 fully saturated rings. The first kappa shape index (κ1) is 13.8. The summed E-state index contributed by atoms with van der Waals surface area (Å²) in [5.74, 6) is -0.357. The fourth-order valence-corrected chi connectivity index (χ4v) is 1.16. The third kappa shape index (κ3) is 5.20. The average Bonchev–Trinajstić information content (AvgIpc) is 2.35. The number of carbonyl (C=O) groups excluding carboxylic acids is 1. The molecule has 1 aromatic rings. The summed E-state index contributed by atoms with van der Waals surface area (Å²) in [6.07, 6.45) is 0. The molecule has 1 rings (SSSR count). The van der Waals surface area contributed by atoms with Crippen LogP contribution in [0.15, 0.2) is 30.3 Å². The van der Waals surface area contributed by atoms with E-state index in [9.17, 15) is 9.59 Å². The van der Waals surface area contributed by atoms with Gasteiger partial charge in [-0.3, -0.25) is 4.79 Å². The van der Waals surface area contributed by atoms with Crippen molar-refractivity contribution in [3.8, 4) is 5.75 Å². The van der Waals surface area contributed by atoms with Gasteiger partial charge < -0.3 is 20.5 Å². The molecule has 98 valence electrons. The van der Waals surface area contributed by atoms with E-state index in [1.54, 1.807) is 0 Å². The van der Waals surface area contributed by atoms with Crippen molar-refractivity contribution in [2.45, 2.75) is 13.0 Å². The summed E-state index contributed by atoms with van der Waals surface area (Å²) in [7, 11) is 0. The van der Waals surface area contributed by atoms with Crippen LogP contribution in [0.4, 0.5) is 4.79 Å². The van der Waals surface area contributed by atoms with Crippen molar-refractivity contribution in [3.63, 3.8) is 0 Å². The van der Waals surface area contributed by atoms with Crippen LogP contribution in [0, 0.1) is 0 Å². The Morgan fingerprint density at radius 2 is 2.00 bits per heavy atom. The zero-order chi connectivity index (χ0) is 13.4. The maximum atomic E-state index is 11.2. The van der Waals surface area contributed by atoms with E-state index in [1.807, 2.05) is 30.3 Å². The van der Waals surface area contributed by atoms with Gasteiger partial charge >= 0.3 is 12.0 Å². The van der Waals surface area contributed by atoms with Crippen LogP contribution in [0.5, 0.6) is 5.75 Å². The number of rotatable bonds is 6. The van der Waals surface area contributed by atoms with Gasteiger partial charge in [0, 0.05) is 0 Å². The van der Waals surface area contributed by atoms with Crippen LogP contribution >= 0.6 is 0 Å². The normalized spacial score (nSPS) is 11.4. The first-order chi connectivity index (χ1) is 8.59. The summed E-state index contributed by atoms with van der Waals surface area (Å²) >= 11 is 0. The van der Waals surface area contributed by atoms with Gasteiger partial charge in [-0.25, -0.2) is 4.79 Å². The molecule has 6 nitrogen and oxygen atoms in total. The largest absolute Gasteiger partial charge is 0.492 e. The molecular formula is C12H16N2O4. The van der Waals surface area contributed by atoms with Gasteiger partial charge in [0.2, 0.25) is 0 Å². The molecule has 0 spiro atoms. The second kappa shape index (κ2) is 7.16. The van der Waals surface area contributed by atoms with Gasteiger partial charge in [-0.15, -0.1) is 0 Å². The minimum atomic E-state index is -1.08. The quantitative estimate of drug-likeness (QED) is 0.655. The standard InChI is InChI=1S/C12H16N2O4/c1-9(11(15)16)14-12(17)13-7-8-18-10-5-3-2-4-6-10/h2-6,9H,7-8H2,1H3,(H,15,16)(H2,13,14,17)/t9-/m0/s1. The van der Waals surface area contributed by atoms with Gasteiger partial charge in [-0.1, -0.05) is 18.2 Å². The summed E-state index contributed by atoms with van der Waals surface area (Å²) in [6.45, 7) is 2.01. The Morgan fingerprint density at radius 1 is 1.33 bits per heavy atom. The molecule has 1 atom stereocenters. The number of carboxylic acid groups (broad SMARTS) is 1. The molecule has 0 unspecified atom stereocenters. The molecule has 0 saturated carbocycles. The Morgan fingerprint density at radius 3 is 2.61 bits per heavy atom. The van der Waals surface area contributed by atoms with Crippen LogP contribution in [0.3, 0.4) is 0 Å². The molecule has 0 bridgehead atoms. The van der Waals surface area contributed by atoms with E-state index in [4.69, 9.17) is 9.84 Å². The van der Waals surface area contributed by atoms with E-state index in [1.165, 1.54) is 6.92 Å². The Bertz CT molecular complexity index is 394. The molecule has 1 aromatic carbocycles. The molecule has 3 N–H and O–H groups in total. The summed E-state index contributed by atoms with van der Waals surface area (Å²) in [5.41, 5.74) is 0. The highest BCUT2D eigenvalue weighted by Gasteiger charge is 2.12. The Balaban J connectivity index is 2.14. The van der Waals surface area contributed by atoms with E-state index in [2.05, 4.69) is 10.6 Å². The van der Waals surface area contributed by atoms with Crippen LogP contribution in [0.1, 0.15) is 6.92 Å². The highest BCUT2D eigenvalue weighted by Crippen LogP contribution is 2.07. The first-order valence-corrected chi connectivity index (χ1v) is 5.54. The number of benzene rings is 1. The van der Waals surface area contributed by atoms with Crippen LogP contribution < -0.4 is 15.4 Å². The summed E-state index contributed by atoms with van der Waals surface area (Å²) in [4.78, 5) is 21.7. The summed E-state index contributed by atoms with van der Waals surface area (Å²) in [6, 6.07) is 7.76. The summed E-state index contributed by atoms with van der Waals surface area (Å²) < 4.78 is 5.35. The Kier molecular flexibility index (Phi) is 5.50. The van der Waals surface area contributed by atoms with Crippen molar-refractivity contribution in [2.75, 3.05) is 13.2 Å². The molecule has 18 heavy (non-hydrogen) atoms. The molecular weight excluding hydrogens is 236 g/mol. The number of urea groups is 1. The lowest BCUT2D eigenvalue weighted by Gasteiger charge is -2.11. The minimum absolute atomic E-state index is 0.299. The minimum Gasteiger partial charge on any atom is -0.492 e. The highest BCUT2D eigenvalue weighted by atomic mass is 16.5. The predicted molar refractivity (Wildman–Crippen MR) is 65.6 cm³/mol. The number of ether oxygens (including phenoxy) is 1. The van der Waals surface area contributed by atoms with Gasteiger partial charge in [0.25, 0.3) is 0 Å². The Labute approximate surface area is 105 Å². The third-order valence-corrected chi connectivity index (χ3v) is 2.12. The fourth-order valence-electron chi connectivity index (χ4n) is 1.16. The smallest absolute Gasteiger partial charge is 0.325 e. The predicted octanol–water partition coefficient (Wildman–Crippen LogP) is 0.838. The lowest BCUT2D eigenvalue weighted by atomic mass is 10.3. The zero-order valence-electron chi connectivity index (χ0n) is 10.1. The monoisotopic (exact) mass is 252 g/mol. The first-order valence-electron chi connectivity index (χ1n) is 5.54. The molecule has 2 amide bonds. The second-order valence-electron chi connectivity index (χ2n) is 3.62. The van der Waals surface area contributed by atoms with Crippen LogP contribution in [-0.4, -0.2) is 36.3 Å². The average molecular weight is 252 g/mol. The number of aliphatic carboxylic acids is 1. The molecule has 0 saturated heterocycles. The molecule has 0 aliphatic rings. The van der Waals surface area contributed by atoms with Crippen molar-refractivity contribution in [1.29, 1.82) is 0 Å². The third-order valence-electron chi connectivity index (χ3n) is 2.12. The fraction of sp³-hybridized carbons (Fsp3) is 0.333. The lowest BCUT2D eigenvalue weighted by Crippen LogP contribution is -2.45. The van der Waals surface area contributed by atoms with Crippen LogP contribution in [0.2, 0.25) is 0 Å². The molecule has 0 heterocycles. The maximum absolute atomic E-state index is 11.2. The van der Waals surface area contributed by atoms with Crippen molar-refractivity contribution in [3.05, 3.63) is 30.3 Å². The molecule has 6 heteroatoms. The van der Waals surface area contributed by atoms with Crippen molar-refractivity contribution in [2.24, 2.45) is 0 Å². The van der Waals surface area contributed by atoms with Gasteiger partial charge in [0.05, 0.1) is 6.54 Å². The van der Waals surface area contributed by atoms with E-state index in [-0.39, 0.29) is 0 Å². The maximum Gasteiger partial charge on any atom is 0.325 e. The molecule has 0 aromatic heterocycles. The SMILES string of the molecule is C[C@H](NC(=O)NCCOc1ccccc1)C(=O)O. The van der Waals surface area contributed by atoms with E-state index in [0.717, 1.165) is 5.75 Å². The van der Waals surface area contributed by atoms with Crippen molar-refractivity contribution < 1.29 is 19.4 Å². The zero-order valence-corrected chi connectivity index (χ0v) is 10.1. The molecule has 0 aliphatic carbocycles. The van der Waals surface area contributed by atoms with Gasteiger partial charge in [0.15, 0.2) is 0 Å². The topological polar surface area (TPSA) is 87.7 Å². The molecule has 0 radical (unpaired) electrons. The van der Waals surface area contributed by atoms with Gasteiger partial charge in [-0.2, -0.15) is 0 Å². The number of carboxylic acids is 1. The van der Waals surface area contributed by atoms with Gasteiger partial charge in [0.1, 0.15) is 18.4 Å². The van der Waals surface area contributed by atoms with Crippen molar-refractivity contribution in [1.82, 2.24) is 10.6 Å². The van der Waals surface area contributed by atoms with E-state index in [0.29, 0.717) is 13.2 Å². The Hall–Kier alpha value is -2.24. The summed E-state index contributed by atoms with van der Waals surface area (Å²) in [5, 5.41) is 13.4. The van der Waals surface area contributed by atoms with Crippen LogP contribution in [0.25, 0.3) is 0 Å². The van der Waals surface area contributed by atoms with Crippen molar-refractivity contribution >= 4 is 12.0 Å². The number of nitrogens with one attached hydrogen (secondary N) is 2. The molecule has 0 aliphatic heterocycles. The second-order valence-corrected chi connectivity index (χ2v) is 3.62. The lowest BCUT2D eigenvalue weighted by molar-refractivity contribution is -0.138.